The maximum atomic E-state index is 12.4. The third-order valence-corrected chi connectivity index (χ3v) is 7.31. The summed E-state index contributed by atoms with van der Waals surface area (Å²) in [4.78, 5) is 16.4. The molecule has 3 N–H and O–H groups in total. The molecule has 2 aromatic rings. The monoisotopic (exact) mass is 355 g/mol. The molecule has 6 nitrogen and oxygen atoms in total. The number of aromatic nitrogens is 3. The zero-order chi connectivity index (χ0) is 17.0. The Balaban J connectivity index is 1.38. The minimum absolute atomic E-state index is 0.211. The van der Waals surface area contributed by atoms with E-state index in [0.29, 0.717) is 10.7 Å². The molecule has 2 aromatic heterocycles. The van der Waals surface area contributed by atoms with E-state index in [-0.39, 0.29) is 17.1 Å². The standard InChI is InChI=1S/C18H21N5OS/c19-14-13(2-1-3-20-14)15(24)21-17-23-22-16(25-17)18-7-10-4-11(8-18)6-12(5-10)9-18/h1-3,10-12H,4-9H2,(H2,19,20)(H,21,23,24). The second kappa shape index (κ2) is 5.49. The molecule has 0 atom stereocenters. The summed E-state index contributed by atoms with van der Waals surface area (Å²) in [5, 5.41) is 13.2. The number of nitrogen functional groups attached to an aromatic ring is 1. The predicted octanol–water partition coefficient (Wildman–Crippen LogP) is 3.24. The summed E-state index contributed by atoms with van der Waals surface area (Å²) < 4.78 is 0. The van der Waals surface area contributed by atoms with Crippen LogP contribution >= 0.6 is 11.3 Å². The lowest BCUT2D eigenvalue weighted by Gasteiger charge is -2.55. The first-order valence-corrected chi connectivity index (χ1v) is 9.79. The highest BCUT2D eigenvalue weighted by Crippen LogP contribution is 2.61. The molecule has 0 aromatic carbocycles. The van der Waals surface area contributed by atoms with Crippen molar-refractivity contribution >= 4 is 28.2 Å². The van der Waals surface area contributed by atoms with Gasteiger partial charge in [0.05, 0.1) is 5.56 Å². The van der Waals surface area contributed by atoms with Crippen LogP contribution in [0.5, 0.6) is 0 Å². The molecule has 130 valence electrons. The van der Waals surface area contributed by atoms with Gasteiger partial charge in [-0.1, -0.05) is 11.3 Å². The van der Waals surface area contributed by atoms with Crippen molar-refractivity contribution < 1.29 is 4.79 Å². The van der Waals surface area contributed by atoms with Crippen LogP contribution in [0, 0.1) is 17.8 Å². The molecule has 4 fully saturated rings. The van der Waals surface area contributed by atoms with Gasteiger partial charge in [0.15, 0.2) is 0 Å². The quantitative estimate of drug-likeness (QED) is 0.881. The molecule has 7 heteroatoms. The van der Waals surface area contributed by atoms with Crippen LogP contribution in [0.4, 0.5) is 10.9 Å². The molecule has 25 heavy (non-hydrogen) atoms. The summed E-state index contributed by atoms with van der Waals surface area (Å²) in [6, 6.07) is 3.37. The Morgan fingerprint density at radius 3 is 2.48 bits per heavy atom. The lowest BCUT2D eigenvalue weighted by atomic mass is 9.50. The molecule has 4 saturated carbocycles. The van der Waals surface area contributed by atoms with Crippen molar-refractivity contribution in [1.82, 2.24) is 15.2 Å². The molecular formula is C18H21N5OS. The summed E-state index contributed by atoms with van der Waals surface area (Å²) in [5.74, 6) is 2.54. The van der Waals surface area contributed by atoms with Crippen molar-refractivity contribution in [2.45, 2.75) is 43.9 Å². The van der Waals surface area contributed by atoms with E-state index in [1.54, 1.807) is 18.3 Å². The highest BCUT2D eigenvalue weighted by Gasteiger charge is 2.53. The van der Waals surface area contributed by atoms with E-state index in [2.05, 4.69) is 20.5 Å². The maximum Gasteiger partial charge on any atom is 0.261 e. The van der Waals surface area contributed by atoms with E-state index in [9.17, 15) is 4.79 Å². The van der Waals surface area contributed by atoms with E-state index in [1.165, 1.54) is 49.9 Å². The van der Waals surface area contributed by atoms with E-state index in [4.69, 9.17) is 5.73 Å². The molecule has 0 radical (unpaired) electrons. The second-order valence-electron chi connectivity index (χ2n) is 8.00. The molecule has 0 spiro atoms. The first-order chi connectivity index (χ1) is 12.1. The Morgan fingerprint density at radius 2 is 1.84 bits per heavy atom. The molecule has 4 aliphatic rings. The van der Waals surface area contributed by atoms with Crippen LogP contribution in [0.1, 0.15) is 53.9 Å². The highest BCUT2D eigenvalue weighted by molar-refractivity contribution is 7.15. The highest BCUT2D eigenvalue weighted by atomic mass is 32.1. The van der Waals surface area contributed by atoms with Crippen LogP contribution < -0.4 is 11.1 Å². The van der Waals surface area contributed by atoms with E-state index in [0.717, 1.165) is 22.8 Å². The van der Waals surface area contributed by atoms with Crippen LogP contribution in [0.15, 0.2) is 18.3 Å². The third-order valence-electron chi connectivity index (χ3n) is 6.22. The predicted molar refractivity (Wildman–Crippen MR) is 96.4 cm³/mol. The minimum atomic E-state index is -0.279. The topological polar surface area (TPSA) is 93.8 Å². The number of rotatable bonds is 3. The smallest absolute Gasteiger partial charge is 0.261 e. The Labute approximate surface area is 150 Å². The summed E-state index contributed by atoms with van der Waals surface area (Å²) in [6.45, 7) is 0. The fourth-order valence-electron chi connectivity index (χ4n) is 5.63. The first kappa shape index (κ1) is 15.3. The number of pyridine rings is 1. The van der Waals surface area contributed by atoms with Gasteiger partial charge in [0.25, 0.3) is 5.91 Å². The zero-order valence-corrected chi connectivity index (χ0v) is 14.8. The minimum Gasteiger partial charge on any atom is -0.383 e. The fraction of sp³-hybridized carbons (Fsp3) is 0.556. The SMILES string of the molecule is Nc1ncccc1C(=O)Nc1nnc(C23CC4CC(CC(C4)C2)C3)s1. The Kier molecular flexibility index (Phi) is 3.35. The van der Waals surface area contributed by atoms with E-state index in [1.807, 2.05) is 0 Å². The van der Waals surface area contributed by atoms with Crippen LogP contribution in [0.2, 0.25) is 0 Å². The van der Waals surface area contributed by atoms with Gasteiger partial charge in [0.2, 0.25) is 5.13 Å². The number of hydrogen-bond donors (Lipinski definition) is 2. The largest absolute Gasteiger partial charge is 0.383 e. The Bertz CT molecular complexity index is 797. The van der Waals surface area contributed by atoms with Gasteiger partial charge in [-0.3, -0.25) is 10.1 Å². The number of nitrogens with one attached hydrogen (secondary N) is 1. The molecule has 4 bridgehead atoms. The molecule has 1 amide bonds. The average Bonchev–Trinajstić information content (AvgIpc) is 3.03. The van der Waals surface area contributed by atoms with Gasteiger partial charge in [-0.05, 0) is 68.4 Å². The van der Waals surface area contributed by atoms with Crippen molar-refractivity contribution in [3.05, 3.63) is 28.9 Å². The van der Waals surface area contributed by atoms with Gasteiger partial charge in [0.1, 0.15) is 10.8 Å². The number of hydrogen-bond acceptors (Lipinski definition) is 6. The summed E-state index contributed by atoms with van der Waals surface area (Å²) >= 11 is 1.53. The van der Waals surface area contributed by atoms with Crippen LogP contribution in [0.25, 0.3) is 0 Å². The van der Waals surface area contributed by atoms with Crippen LogP contribution in [0.3, 0.4) is 0 Å². The van der Waals surface area contributed by atoms with Crippen molar-refractivity contribution in [2.24, 2.45) is 17.8 Å². The average molecular weight is 355 g/mol. The van der Waals surface area contributed by atoms with Crippen molar-refractivity contribution in [3.63, 3.8) is 0 Å². The van der Waals surface area contributed by atoms with E-state index >= 15 is 0 Å². The lowest BCUT2D eigenvalue weighted by Crippen LogP contribution is -2.48. The molecular weight excluding hydrogens is 334 g/mol. The molecule has 0 aliphatic heterocycles. The number of carbonyl (C=O) groups is 1. The van der Waals surface area contributed by atoms with Crippen LogP contribution in [-0.2, 0) is 5.41 Å². The summed E-state index contributed by atoms with van der Waals surface area (Å²) in [5.41, 5.74) is 6.36. The number of nitrogens with two attached hydrogens (primary N) is 1. The van der Waals surface area contributed by atoms with Crippen molar-refractivity contribution in [3.8, 4) is 0 Å². The third kappa shape index (κ3) is 2.52. The fourth-order valence-corrected chi connectivity index (χ4v) is 6.59. The zero-order valence-electron chi connectivity index (χ0n) is 13.9. The molecule has 0 unspecified atom stereocenters. The van der Waals surface area contributed by atoms with Gasteiger partial charge in [-0.15, -0.1) is 10.2 Å². The number of amides is 1. The molecule has 2 heterocycles. The maximum absolute atomic E-state index is 12.4. The Hall–Kier alpha value is -2.02. The van der Waals surface area contributed by atoms with Gasteiger partial charge in [-0.2, -0.15) is 0 Å². The van der Waals surface area contributed by atoms with Gasteiger partial charge in [-0.25, -0.2) is 4.98 Å². The lowest BCUT2D eigenvalue weighted by molar-refractivity contribution is -0.00555. The van der Waals surface area contributed by atoms with Gasteiger partial charge >= 0.3 is 0 Å². The van der Waals surface area contributed by atoms with Gasteiger partial charge in [0, 0.05) is 11.6 Å². The van der Waals surface area contributed by atoms with Crippen molar-refractivity contribution in [2.75, 3.05) is 11.1 Å². The second-order valence-corrected chi connectivity index (χ2v) is 8.98. The Morgan fingerprint density at radius 1 is 1.16 bits per heavy atom. The van der Waals surface area contributed by atoms with Gasteiger partial charge < -0.3 is 5.73 Å². The first-order valence-electron chi connectivity index (χ1n) is 8.97. The van der Waals surface area contributed by atoms with E-state index < -0.39 is 0 Å². The summed E-state index contributed by atoms with van der Waals surface area (Å²) in [7, 11) is 0. The molecule has 0 saturated heterocycles. The molecule has 4 aliphatic carbocycles. The number of anilines is 2. The number of nitrogens with zero attached hydrogens (tertiary/aromatic N) is 3. The van der Waals surface area contributed by atoms with Crippen LogP contribution in [-0.4, -0.2) is 21.1 Å². The summed E-state index contributed by atoms with van der Waals surface area (Å²) in [6.07, 6.45) is 9.53. The van der Waals surface area contributed by atoms with Crippen molar-refractivity contribution in [1.29, 1.82) is 0 Å². The number of carbonyl (C=O) groups excluding carboxylic acids is 1. The normalized spacial score (nSPS) is 32.7. The molecule has 6 rings (SSSR count).